The molecule has 1 aromatic carbocycles. The molecule has 0 aliphatic carbocycles. The summed E-state index contributed by atoms with van der Waals surface area (Å²) < 4.78 is 0.982. The smallest absolute Gasteiger partial charge is 0.136 e. The van der Waals surface area contributed by atoms with E-state index in [1.165, 1.54) is 12.0 Å². The summed E-state index contributed by atoms with van der Waals surface area (Å²) in [6.45, 7) is 0. The molecule has 4 heteroatoms. The van der Waals surface area contributed by atoms with Crippen LogP contribution in [0.25, 0.3) is 0 Å². The third kappa shape index (κ3) is 3.91. The fraction of sp³-hybridized carbons (Fsp3) is 0.294. The zero-order valence-electron chi connectivity index (χ0n) is 11.8. The number of unbranched alkanes of at least 4 members (excludes halogenated alkanes) is 1. The number of aryl methyl sites for hydroxylation is 1. The quantitative estimate of drug-likeness (QED) is 0.815. The van der Waals surface area contributed by atoms with Crippen molar-refractivity contribution in [1.82, 2.24) is 4.98 Å². The minimum absolute atomic E-state index is 0.155. The van der Waals surface area contributed by atoms with Gasteiger partial charge < -0.3 is 5.32 Å². The van der Waals surface area contributed by atoms with Gasteiger partial charge in [-0.3, -0.25) is 4.99 Å². The van der Waals surface area contributed by atoms with Crippen molar-refractivity contribution in [3.8, 4) is 0 Å². The Morgan fingerprint density at radius 3 is 2.86 bits per heavy atom. The molecule has 1 aliphatic rings. The first-order chi connectivity index (χ1) is 10.3. The Hall–Kier alpha value is -1.68. The second kappa shape index (κ2) is 6.85. The molecule has 0 saturated carbocycles. The van der Waals surface area contributed by atoms with E-state index in [0.717, 1.165) is 35.1 Å². The predicted molar refractivity (Wildman–Crippen MR) is 90.9 cm³/mol. The third-order valence-corrected chi connectivity index (χ3v) is 4.05. The Labute approximate surface area is 133 Å². The minimum Gasteiger partial charge on any atom is -0.348 e. The van der Waals surface area contributed by atoms with E-state index in [1.54, 1.807) is 0 Å². The number of fused-ring (bicyclic) bond motifs is 1. The molecular formula is C17H18BrN3. The molecule has 2 aromatic rings. The van der Waals surface area contributed by atoms with Crippen LogP contribution in [0.3, 0.4) is 0 Å². The third-order valence-electron chi connectivity index (χ3n) is 3.62. The maximum Gasteiger partial charge on any atom is 0.136 e. The summed E-state index contributed by atoms with van der Waals surface area (Å²) in [4.78, 5) is 8.96. The van der Waals surface area contributed by atoms with Gasteiger partial charge in [0.1, 0.15) is 12.0 Å². The van der Waals surface area contributed by atoms with Crippen LogP contribution in [-0.4, -0.2) is 17.4 Å². The molecule has 0 saturated heterocycles. The highest BCUT2D eigenvalue weighted by Crippen LogP contribution is 2.22. The first-order valence-corrected chi connectivity index (χ1v) is 8.10. The Bertz CT molecular complexity index is 625. The molecule has 1 atom stereocenters. The number of nitrogens with zero attached hydrogens (tertiary/aromatic N) is 2. The largest absolute Gasteiger partial charge is 0.348 e. The molecule has 0 bridgehead atoms. The number of nitrogens with one attached hydrogen (secondary N) is 1. The lowest BCUT2D eigenvalue weighted by molar-refractivity contribution is 0.605. The number of anilines is 1. The highest BCUT2D eigenvalue weighted by atomic mass is 79.9. The lowest BCUT2D eigenvalue weighted by Gasteiger charge is -2.20. The number of aliphatic imine (C=N–C) groups is 1. The molecule has 2 heterocycles. The fourth-order valence-electron chi connectivity index (χ4n) is 2.50. The Kier molecular flexibility index (Phi) is 4.65. The molecule has 3 nitrogen and oxygen atoms in total. The van der Waals surface area contributed by atoms with Crippen LogP contribution in [0.2, 0.25) is 0 Å². The number of aromatic nitrogens is 1. The van der Waals surface area contributed by atoms with Crippen LogP contribution in [0.15, 0.2) is 52.1 Å². The Morgan fingerprint density at radius 1 is 1.14 bits per heavy atom. The number of hydrogen-bond donors (Lipinski definition) is 1. The van der Waals surface area contributed by atoms with Gasteiger partial charge in [0.15, 0.2) is 0 Å². The predicted octanol–water partition coefficient (Wildman–Crippen LogP) is 4.43. The average molecular weight is 344 g/mol. The maximum atomic E-state index is 4.56. The van der Waals surface area contributed by atoms with E-state index >= 15 is 0 Å². The van der Waals surface area contributed by atoms with Crippen molar-refractivity contribution in [3.63, 3.8) is 0 Å². The number of benzene rings is 1. The lowest BCUT2D eigenvalue weighted by atomic mass is 10.1. The van der Waals surface area contributed by atoms with Crippen LogP contribution in [0.1, 0.15) is 30.4 Å². The monoisotopic (exact) mass is 343 g/mol. The van der Waals surface area contributed by atoms with Gasteiger partial charge in [-0.05, 0) is 53.2 Å². The topological polar surface area (TPSA) is 37.3 Å². The molecule has 3 rings (SSSR count). The van der Waals surface area contributed by atoms with Crippen LogP contribution in [0, 0.1) is 0 Å². The molecule has 0 fully saturated rings. The second-order valence-corrected chi connectivity index (χ2v) is 6.18. The SMILES string of the molecule is Brc1cnc2c(c1)C=NC(CCCCc1ccccc1)N2. The zero-order chi connectivity index (χ0) is 14.5. The van der Waals surface area contributed by atoms with Crippen molar-refractivity contribution in [2.75, 3.05) is 5.32 Å². The maximum absolute atomic E-state index is 4.56. The van der Waals surface area contributed by atoms with Crippen LogP contribution >= 0.6 is 15.9 Å². The van der Waals surface area contributed by atoms with Crippen molar-refractivity contribution in [2.24, 2.45) is 4.99 Å². The summed E-state index contributed by atoms with van der Waals surface area (Å²) in [6, 6.07) is 12.7. The van der Waals surface area contributed by atoms with Crippen molar-refractivity contribution in [3.05, 3.63) is 58.2 Å². The van der Waals surface area contributed by atoms with Gasteiger partial charge in [0.05, 0.1) is 0 Å². The summed E-state index contributed by atoms with van der Waals surface area (Å²) in [5, 5.41) is 3.39. The highest BCUT2D eigenvalue weighted by Gasteiger charge is 2.14. The Balaban J connectivity index is 1.46. The van der Waals surface area contributed by atoms with Crippen molar-refractivity contribution < 1.29 is 0 Å². The summed E-state index contributed by atoms with van der Waals surface area (Å²) in [6.07, 6.45) is 8.43. The van der Waals surface area contributed by atoms with Crippen LogP contribution in [0.5, 0.6) is 0 Å². The fourth-order valence-corrected chi connectivity index (χ4v) is 2.85. The molecule has 1 aromatic heterocycles. The average Bonchev–Trinajstić information content (AvgIpc) is 2.52. The van der Waals surface area contributed by atoms with E-state index in [9.17, 15) is 0 Å². The molecule has 1 aliphatic heterocycles. The molecule has 0 spiro atoms. The van der Waals surface area contributed by atoms with E-state index in [1.807, 2.05) is 18.5 Å². The molecule has 0 radical (unpaired) electrons. The summed E-state index contributed by atoms with van der Waals surface area (Å²) in [7, 11) is 0. The molecule has 1 N–H and O–H groups in total. The zero-order valence-corrected chi connectivity index (χ0v) is 13.4. The van der Waals surface area contributed by atoms with Crippen molar-refractivity contribution in [2.45, 2.75) is 31.8 Å². The molecule has 0 amide bonds. The second-order valence-electron chi connectivity index (χ2n) is 5.26. The Morgan fingerprint density at radius 2 is 2.00 bits per heavy atom. The minimum atomic E-state index is 0.155. The molecule has 1 unspecified atom stereocenters. The number of hydrogen-bond acceptors (Lipinski definition) is 3. The van der Waals surface area contributed by atoms with Gasteiger partial charge in [-0.1, -0.05) is 30.3 Å². The number of halogens is 1. The summed E-state index contributed by atoms with van der Waals surface area (Å²) in [5.41, 5.74) is 2.46. The van der Waals surface area contributed by atoms with Gasteiger partial charge in [0.25, 0.3) is 0 Å². The van der Waals surface area contributed by atoms with Gasteiger partial charge in [-0.25, -0.2) is 4.98 Å². The first-order valence-electron chi connectivity index (χ1n) is 7.30. The molecule has 21 heavy (non-hydrogen) atoms. The van der Waals surface area contributed by atoms with E-state index in [0.29, 0.717) is 0 Å². The van der Waals surface area contributed by atoms with Crippen molar-refractivity contribution in [1.29, 1.82) is 0 Å². The van der Waals surface area contributed by atoms with Crippen LogP contribution in [-0.2, 0) is 6.42 Å². The van der Waals surface area contributed by atoms with Gasteiger partial charge >= 0.3 is 0 Å². The number of pyridine rings is 1. The molecular weight excluding hydrogens is 326 g/mol. The molecule has 108 valence electrons. The van der Waals surface area contributed by atoms with Gasteiger partial charge in [-0.2, -0.15) is 0 Å². The number of rotatable bonds is 5. The summed E-state index contributed by atoms with van der Waals surface area (Å²) >= 11 is 3.43. The van der Waals surface area contributed by atoms with E-state index in [-0.39, 0.29) is 6.17 Å². The standard InChI is InChI=1S/C17H18BrN3/c18-15-10-14-11-19-16(21-17(14)20-12-15)9-5-4-8-13-6-2-1-3-7-13/h1-3,6-7,10-12,16H,4-5,8-9H2,(H,20,21). The normalized spacial score (nSPS) is 16.3. The van der Waals surface area contributed by atoms with Gasteiger partial charge in [-0.15, -0.1) is 0 Å². The van der Waals surface area contributed by atoms with Crippen molar-refractivity contribution >= 4 is 28.0 Å². The first kappa shape index (κ1) is 14.3. The van der Waals surface area contributed by atoms with E-state index < -0.39 is 0 Å². The van der Waals surface area contributed by atoms with Crippen LogP contribution < -0.4 is 5.32 Å². The van der Waals surface area contributed by atoms with Gasteiger partial charge in [0.2, 0.25) is 0 Å². The van der Waals surface area contributed by atoms with E-state index in [4.69, 9.17) is 0 Å². The van der Waals surface area contributed by atoms with E-state index in [2.05, 4.69) is 61.6 Å². The van der Waals surface area contributed by atoms with Crippen LogP contribution in [0.4, 0.5) is 5.82 Å². The lowest BCUT2D eigenvalue weighted by Crippen LogP contribution is -2.22. The summed E-state index contributed by atoms with van der Waals surface area (Å²) in [5.74, 6) is 0.932. The van der Waals surface area contributed by atoms with Gasteiger partial charge in [0, 0.05) is 22.4 Å². The highest BCUT2D eigenvalue weighted by molar-refractivity contribution is 9.10.